The molecule has 0 aliphatic carbocycles. The first-order chi connectivity index (χ1) is 8.91. The van der Waals surface area contributed by atoms with E-state index in [-0.39, 0.29) is 11.3 Å². The normalized spacial score (nSPS) is 10.1. The quantitative estimate of drug-likeness (QED) is 0.769. The Morgan fingerprint density at radius 2 is 1.40 bits per heavy atom. The van der Waals surface area contributed by atoms with Crippen molar-refractivity contribution in [2.45, 2.75) is 34.6 Å². The van der Waals surface area contributed by atoms with Gasteiger partial charge in [-0.2, -0.15) is 0 Å². The van der Waals surface area contributed by atoms with Gasteiger partial charge in [0.15, 0.2) is 5.78 Å². The summed E-state index contributed by atoms with van der Waals surface area (Å²) in [6.07, 6.45) is 0. The van der Waals surface area contributed by atoms with Gasteiger partial charge in [-0.05, 0) is 56.9 Å². The third-order valence-electron chi connectivity index (χ3n) is 3.75. The molecule has 0 aliphatic heterocycles. The van der Waals surface area contributed by atoms with Crippen LogP contribution < -0.4 is 0 Å². The molecule has 0 unspecified atom stereocenters. The van der Waals surface area contributed by atoms with Crippen LogP contribution in [0.15, 0.2) is 30.3 Å². The van der Waals surface area contributed by atoms with Crippen molar-refractivity contribution < 1.29 is 10.3 Å². The lowest BCUT2D eigenvalue weighted by molar-refractivity contribution is 0.103. The van der Waals surface area contributed by atoms with Crippen molar-refractivity contribution in [3.8, 4) is 0 Å². The summed E-state index contributed by atoms with van der Waals surface area (Å²) < 4.78 is 0. The molecular formula is C18H22O2. The third kappa shape index (κ3) is 2.81. The highest BCUT2D eigenvalue weighted by atomic mass is 16.1. The second kappa shape index (κ2) is 6.02. The molecule has 2 heteroatoms. The molecule has 0 heterocycles. The van der Waals surface area contributed by atoms with Crippen LogP contribution in [-0.4, -0.2) is 11.3 Å². The zero-order valence-electron chi connectivity index (χ0n) is 12.8. The van der Waals surface area contributed by atoms with Gasteiger partial charge in [-0.25, -0.2) is 0 Å². The van der Waals surface area contributed by atoms with Gasteiger partial charge in [-0.3, -0.25) is 4.79 Å². The maximum Gasteiger partial charge on any atom is 0.193 e. The summed E-state index contributed by atoms with van der Waals surface area (Å²) in [4.78, 5) is 12.8. The largest absolute Gasteiger partial charge is 0.412 e. The number of ketones is 1. The van der Waals surface area contributed by atoms with Crippen molar-refractivity contribution in [1.29, 1.82) is 0 Å². The highest BCUT2D eigenvalue weighted by Gasteiger charge is 2.17. The summed E-state index contributed by atoms with van der Waals surface area (Å²) in [5, 5.41) is 0. The molecule has 106 valence electrons. The van der Waals surface area contributed by atoms with E-state index < -0.39 is 0 Å². The highest BCUT2D eigenvalue weighted by molar-refractivity contribution is 6.11. The van der Waals surface area contributed by atoms with Crippen LogP contribution >= 0.6 is 0 Å². The molecule has 0 saturated heterocycles. The predicted octanol–water partition coefficient (Wildman–Crippen LogP) is 3.64. The first kappa shape index (κ1) is 16.1. The fourth-order valence-corrected chi connectivity index (χ4v) is 2.67. The van der Waals surface area contributed by atoms with Gasteiger partial charge < -0.3 is 5.48 Å². The number of hydrogen-bond donors (Lipinski definition) is 0. The van der Waals surface area contributed by atoms with Crippen LogP contribution in [0.2, 0.25) is 0 Å². The Morgan fingerprint density at radius 3 is 1.95 bits per heavy atom. The summed E-state index contributed by atoms with van der Waals surface area (Å²) in [5.41, 5.74) is 7.22. The zero-order chi connectivity index (χ0) is 14.2. The SMILES string of the molecule is Cc1cc(C)c(C(=O)c2cccc(C)c2C)c(C)c1.O. The summed E-state index contributed by atoms with van der Waals surface area (Å²) in [6.45, 7) is 10.1. The molecule has 2 aromatic carbocycles. The molecule has 2 rings (SSSR count). The van der Waals surface area contributed by atoms with Crippen LogP contribution in [0.5, 0.6) is 0 Å². The van der Waals surface area contributed by atoms with Crippen molar-refractivity contribution >= 4 is 5.78 Å². The molecule has 0 spiro atoms. The molecule has 20 heavy (non-hydrogen) atoms. The molecule has 2 nitrogen and oxygen atoms in total. The van der Waals surface area contributed by atoms with E-state index in [1.165, 1.54) is 5.56 Å². The Labute approximate surface area is 120 Å². The van der Waals surface area contributed by atoms with Gasteiger partial charge in [0.2, 0.25) is 0 Å². The van der Waals surface area contributed by atoms with E-state index in [4.69, 9.17) is 0 Å². The van der Waals surface area contributed by atoms with Gasteiger partial charge in [0, 0.05) is 11.1 Å². The molecule has 0 fully saturated rings. The van der Waals surface area contributed by atoms with Crippen molar-refractivity contribution in [1.82, 2.24) is 0 Å². The summed E-state index contributed by atoms with van der Waals surface area (Å²) in [7, 11) is 0. The lowest BCUT2D eigenvalue weighted by Crippen LogP contribution is -2.09. The maximum absolute atomic E-state index is 12.8. The first-order valence-electron chi connectivity index (χ1n) is 6.60. The van der Waals surface area contributed by atoms with Gasteiger partial charge in [0.1, 0.15) is 0 Å². The molecule has 0 atom stereocenters. The Morgan fingerprint density at radius 1 is 0.850 bits per heavy atom. The number of carbonyl (C=O) groups excluding carboxylic acids is 1. The van der Waals surface area contributed by atoms with Crippen LogP contribution in [0.25, 0.3) is 0 Å². The van der Waals surface area contributed by atoms with Crippen molar-refractivity contribution in [2.75, 3.05) is 0 Å². The van der Waals surface area contributed by atoms with Crippen LogP contribution in [0.3, 0.4) is 0 Å². The Hall–Kier alpha value is -1.93. The summed E-state index contributed by atoms with van der Waals surface area (Å²) in [6, 6.07) is 10.1. The molecular weight excluding hydrogens is 248 g/mol. The standard InChI is InChI=1S/C18H20O.H2O/c1-11-9-13(3)17(14(4)10-11)18(19)16-8-6-7-12(2)15(16)5;/h6-10H,1-5H3;1H2. The predicted molar refractivity (Wildman–Crippen MR) is 83.6 cm³/mol. The van der Waals surface area contributed by atoms with Crippen LogP contribution in [0.1, 0.15) is 43.7 Å². The van der Waals surface area contributed by atoms with E-state index in [1.54, 1.807) is 0 Å². The minimum atomic E-state index is 0. The van der Waals surface area contributed by atoms with E-state index in [2.05, 4.69) is 19.1 Å². The van der Waals surface area contributed by atoms with Gasteiger partial charge >= 0.3 is 0 Å². The third-order valence-corrected chi connectivity index (χ3v) is 3.75. The van der Waals surface area contributed by atoms with E-state index in [0.29, 0.717) is 0 Å². The lowest BCUT2D eigenvalue weighted by Gasteiger charge is -2.13. The molecule has 0 bridgehead atoms. The fraction of sp³-hybridized carbons (Fsp3) is 0.278. The number of benzene rings is 2. The molecule has 0 aromatic heterocycles. The molecule has 0 radical (unpaired) electrons. The molecule has 2 aromatic rings. The monoisotopic (exact) mass is 270 g/mol. The molecule has 0 saturated carbocycles. The Balaban J connectivity index is 0.00000200. The number of aryl methyl sites for hydroxylation is 4. The second-order valence-electron chi connectivity index (χ2n) is 5.35. The topological polar surface area (TPSA) is 48.6 Å². The average Bonchev–Trinajstić information content (AvgIpc) is 2.31. The first-order valence-corrected chi connectivity index (χ1v) is 6.60. The Bertz CT molecular complexity index is 631. The van der Waals surface area contributed by atoms with Crippen molar-refractivity contribution in [3.63, 3.8) is 0 Å². The van der Waals surface area contributed by atoms with Crippen LogP contribution in [-0.2, 0) is 0 Å². The number of hydrogen-bond acceptors (Lipinski definition) is 1. The van der Waals surface area contributed by atoms with Crippen LogP contribution in [0, 0.1) is 34.6 Å². The van der Waals surface area contributed by atoms with E-state index >= 15 is 0 Å². The van der Waals surface area contributed by atoms with Gasteiger partial charge in [0.05, 0.1) is 0 Å². The van der Waals surface area contributed by atoms with Crippen molar-refractivity contribution in [2.24, 2.45) is 0 Å². The van der Waals surface area contributed by atoms with E-state index in [0.717, 1.165) is 33.4 Å². The smallest absolute Gasteiger partial charge is 0.193 e. The second-order valence-corrected chi connectivity index (χ2v) is 5.35. The average molecular weight is 270 g/mol. The van der Waals surface area contributed by atoms with Gasteiger partial charge in [-0.1, -0.05) is 35.9 Å². The van der Waals surface area contributed by atoms with E-state index in [1.807, 2.05) is 45.9 Å². The van der Waals surface area contributed by atoms with E-state index in [9.17, 15) is 4.79 Å². The molecule has 2 N–H and O–H groups in total. The fourth-order valence-electron chi connectivity index (χ4n) is 2.67. The van der Waals surface area contributed by atoms with Gasteiger partial charge in [-0.15, -0.1) is 0 Å². The van der Waals surface area contributed by atoms with Gasteiger partial charge in [0.25, 0.3) is 0 Å². The zero-order valence-corrected chi connectivity index (χ0v) is 12.8. The Kier molecular flexibility index (Phi) is 4.85. The summed E-state index contributed by atoms with van der Waals surface area (Å²) >= 11 is 0. The summed E-state index contributed by atoms with van der Waals surface area (Å²) in [5.74, 6) is 0.135. The van der Waals surface area contributed by atoms with Crippen LogP contribution in [0.4, 0.5) is 0 Å². The van der Waals surface area contributed by atoms with Crippen molar-refractivity contribution in [3.05, 3.63) is 69.3 Å². The minimum absolute atomic E-state index is 0. The molecule has 0 amide bonds. The maximum atomic E-state index is 12.8. The highest BCUT2D eigenvalue weighted by Crippen LogP contribution is 2.23. The number of rotatable bonds is 2. The minimum Gasteiger partial charge on any atom is -0.412 e. The molecule has 0 aliphatic rings. The lowest BCUT2D eigenvalue weighted by atomic mass is 9.90. The number of carbonyl (C=O) groups is 1.